The van der Waals surface area contributed by atoms with E-state index in [-0.39, 0.29) is 12.4 Å². The summed E-state index contributed by atoms with van der Waals surface area (Å²) in [5.74, 6) is 0.660. The van der Waals surface area contributed by atoms with E-state index in [2.05, 4.69) is 4.98 Å². The molecule has 6 nitrogen and oxygen atoms in total. The van der Waals surface area contributed by atoms with Crippen molar-refractivity contribution in [2.24, 2.45) is 0 Å². The highest BCUT2D eigenvalue weighted by Crippen LogP contribution is 2.23. The van der Waals surface area contributed by atoms with Gasteiger partial charge in [-0.3, -0.25) is 4.57 Å². The Balaban J connectivity index is 2.22. The normalized spacial score (nSPS) is 19.8. The van der Waals surface area contributed by atoms with Gasteiger partial charge in [0.2, 0.25) is 0 Å². The molecule has 6 heteroatoms. The number of aliphatic hydroxyl groups excluding tert-OH is 1. The number of aromatic nitrogens is 2. The van der Waals surface area contributed by atoms with E-state index in [0.29, 0.717) is 12.2 Å². The Morgan fingerprint density at radius 2 is 2.53 bits per heavy atom. The SMILES string of the molecule is Nc1ccn(C2CC=C(CO)O2)c(=O)n1. The second-order valence-electron chi connectivity index (χ2n) is 3.18. The maximum atomic E-state index is 11.4. The molecule has 1 aliphatic heterocycles. The zero-order valence-corrected chi connectivity index (χ0v) is 7.96. The molecule has 0 bridgehead atoms. The van der Waals surface area contributed by atoms with E-state index in [4.69, 9.17) is 15.6 Å². The van der Waals surface area contributed by atoms with Crippen molar-refractivity contribution in [3.8, 4) is 0 Å². The average molecular weight is 209 g/mol. The second kappa shape index (κ2) is 3.74. The van der Waals surface area contributed by atoms with Gasteiger partial charge >= 0.3 is 5.69 Å². The summed E-state index contributed by atoms with van der Waals surface area (Å²) in [5.41, 5.74) is 4.91. The Morgan fingerprint density at radius 1 is 1.73 bits per heavy atom. The number of ether oxygens (including phenoxy) is 1. The molecule has 3 N–H and O–H groups in total. The molecular formula is C9H11N3O3. The number of hydrogen-bond donors (Lipinski definition) is 2. The number of rotatable bonds is 2. The predicted octanol–water partition coefficient (Wildman–Crippen LogP) is -0.379. The molecule has 15 heavy (non-hydrogen) atoms. The molecule has 2 rings (SSSR count). The van der Waals surface area contributed by atoms with Crippen LogP contribution in [0.3, 0.4) is 0 Å². The van der Waals surface area contributed by atoms with Crippen LogP contribution in [0.2, 0.25) is 0 Å². The highest BCUT2D eigenvalue weighted by atomic mass is 16.5. The lowest BCUT2D eigenvalue weighted by molar-refractivity contribution is 0.0593. The van der Waals surface area contributed by atoms with Crippen LogP contribution in [0.15, 0.2) is 28.9 Å². The summed E-state index contributed by atoms with van der Waals surface area (Å²) in [6.07, 6.45) is 3.39. The van der Waals surface area contributed by atoms with Crippen LogP contribution >= 0.6 is 0 Å². The summed E-state index contributed by atoms with van der Waals surface area (Å²) in [5, 5.41) is 8.83. The molecule has 0 radical (unpaired) electrons. The Bertz CT molecular complexity index is 452. The van der Waals surface area contributed by atoms with E-state index < -0.39 is 11.9 Å². The van der Waals surface area contributed by atoms with Crippen molar-refractivity contribution in [2.75, 3.05) is 12.3 Å². The number of nitrogens with zero attached hydrogens (tertiary/aromatic N) is 2. The van der Waals surface area contributed by atoms with Crippen molar-refractivity contribution in [1.29, 1.82) is 0 Å². The van der Waals surface area contributed by atoms with Gasteiger partial charge in [0.25, 0.3) is 0 Å². The van der Waals surface area contributed by atoms with Gasteiger partial charge in [-0.15, -0.1) is 0 Å². The molecule has 0 fully saturated rings. The third-order valence-electron chi connectivity index (χ3n) is 2.15. The topological polar surface area (TPSA) is 90.4 Å². The molecule has 1 atom stereocenters. The molecular weight excluding hydrogens is 198 g/mol. The largest absolute Gasteiger partial charge is 0.472 e. The van der Waals surface area contributed by atoms with E-state index in [0.717, 1.165) is 0 Å². The maximum Gasteiger partial charge on any atom is 0.352 e. The van der Waals surface area contributed by atoms with Crippen LogP contribution in [-0.2, 0) is 4.74 Å². The van der Waals surface area contributed by atoms with Crippen molar-refractivity contribution in [2.45, 2.75) is 12.6 Å². The molecule has 80 valence electrons. The van der Waals surface area contributed by atoms with Crippen molar-refractivity contribution < 1.29 is 9.84 Å². The fraction of sp³-hybridized carbons (Fsp3) is 0.333. The zero-order chi connectivity index (χ0) is 10.8. The van der Waals surface area contributed by atoms with Crippen LogP contribution < -0.4 is 11.4 Å². The van der Waals surface area contributed by atoms with E-state index in [1.165, 1.54) is 16.8 Å². The van der Waals surface area contributed by atoms with Crippen LogP contribution in [0.1, 0.15) is 12.6 Å². The minimum Gasteiger partial charge on any atom is -0.472 e. The first-order valence-electron chi connectivity index (χ1n) is 4.52. The van der Waals surface area contributed by atoms with Gasteiger partial charge in [0.05, 0.1) is 0 Å². The Hall–Kier alpha value is -1.82. The zero-order valence-electron chi connectivity index (χ0n) is 7.96. The van der Waals surface area contributed by atoms with Crippen molar-refractivity contribution in [3.05, 3.63) is 34.6 Å². The van der Waals surface area contributed by atoms with Gasteiger partial charge in [-0.2, -0.15) is 4.98 Å². The first kappa shape index (κ1) is 9.72. The molecule has 0 spiro atoms. The summed E-state index contributed by atoms with van der Waals surface area (Å²) in [6.45, 7) is -0.159. The molecule has 1 aromatic rings. The minimum atomic E-state index is -0.451. The number of nitrogens with two attached hydrogens (primary N) is 1. The summed E-state index contributed by atoms with van der Waals surface area (Å²) in [6, 6.07) is 1.53. The van der Waals surface area contributed by atoms with Crippen molar-refractivity contribution in [1.82, 2.24) is 9.55 Å². The highest BCUT2D eigenvalue weighted by Gasteiger charge is 2.20. The van der Waals surface area contributed by atoms with Gasteiger partial charge in [0.1, 0.15) is 18.2 Å². The van der Waals surface area contributed by atoms with E-state index in [1.807, 2.05) is 0 Å². The number of nitrogen functional groups attached to an aromatic ring is 1. The standard InChI is InChI=1S/C9H11N3O3/c10-7-3-4-12(9(14)11-7)8-2-1-6(5-13)15-8/h1,3-4,8,13H,2,5H2,(H2,10,11,14). The summed E-state index contributed by atoms with van der Waals surface area (Å²) in [7, 11) is 0. The van der Waals surface area contributed by atoms with Gasteiger partial charge in [-0.05, 0) is 12.1 Å². The lowest BCUT2D eigenvalue weighted by atomic mass is 10.3. The second-order valence-corrected chi connectivity index (χ2v) is 3.18. The summed E-state index contributed by atoms with van der Waals surface area (Å²) >= 11 is 0. The van der Waals surface area contributed by atoms with Crippen LogP contribution in [0.5, 0.6) is 0 Å². The third-order valence-corrected chi connectivity index (χ3v) is 2.15. The fourth-order valence-electron chi connectivity index (χ4n) is 1.42. The lowest BCUT2D eigenvalue weighted by Crippen LogP contribution is -2.27. The van der Waals surface area contributed by atoms with Crippen LogP contribution in [0.25, 0.3) is 0 Å². The van der Waals surface area contributed by atoms with Crippen molar-refractivity contribution >= 4 is 5.82 Å². The highest BCUT2D eigenvalue weighted by molar-refractivity contribution is 5.23. The molecule has 0 aliphatic carbocycles. The molecule has 2 heterocycles. The number of aliphatic hydroxyl groups is 1. The summed E-state index contributed by atoms with van der Waals surface area (Å²) in [4.78, 5) is 15.0. The summed E-state index contributed by atoms with van der Waals surface area (Å²) < 4.78 is 6.65. The smallest absolute Gasteiger partial charge is 0.352 e. The number of hydrogen-bond acceptors (Lipinski definition) is 5. The first-order chi connectivity index (χ1) is 7.20. The molecule has 0 amide bonds. The average Bonchev–Trinajstić information content (AvgIpc) is 2.66. The van der Waals surface area contributed by atoms with E-state index in [1.54, 1.807) is 6.08 Å². The minimum absolute atomic E-state index is 0.159. The quantitative estimate of drug-likeness (QED) is 0.693. The molecule has 1 aromatic heterocycles. The Morgan fingerprint density at radius 3 is 3.13 bits per heavy atom. The van der Waals surface area contributed by atoms with Gasteiger partial charge in [0.15, 0.2) is 6.23 Å². The number of anilines is 1. The lowest BCUT2D eigenvalue weighted by Gasteiger charge is -2.14. The van der Waals surface area contributed by atoms with E-state index >= 15 is 0 Å². The maximum absolute atomic E-state index is 11.4. The third kappa shape index (κ3) is 1.84. The van der Waals surface area contributed by atoms with Crippen molar-refractivity contribution in [3.63, 3.8) is 0 Å². The van der Waals surface area contributed by atoms with Crippen LogP contribution in [0, 0.1) is 0 Å². The van der Waals surface area contributed by atoms with Crippen LogP contribution in [0.4, 0.5) is 5.82 Å². The van der Waals surface area contributed by atoms with Gasteiger partial charge in [0, 0.05) is 12.6 Å². The molecule has 0 saturated carbocycles. The first-order valence-corrected chi connectivity index (χ1v) is 4.52. The molecule has 1 aliphatic rings. The molecule has 0 saturated heterocycles. The molecule has 1 unspecified atom stereocenters. The Labute approximate surface area is 85.6 Å². The van der Waals surface area contributed by atoms with Gasteiger partial charge in [-0.25, -0.2) is 4.79 Å². The fourth-order valence-corrected chi connectivity index (χ4v) is 1.42. The van der Waals surface area contributed by atoms with Crippen LogP contribution in [-0.4, -0.2) is 21.3 Å². The van der Waals surface area contributed by atoms with E-state index in [9.17, 15) is 4.79 Å². The monoisotopic (exact) mass is 209 g/mol. The van der Waals surface area contributed by atoms with Gasteiger partial charge < -0.3 is 15.6 Å². The van der Waals surface area contributed by atoms with Gasteiger partial charge in [-0.1, -0.05) is 0 Å². The Kier molecular flexibility index (Phi) is 2.42. The predicted molar refractivity (Wildman–Crippen MR) is 52.8 cm³/mol. The molecule has 0 aromatic carbocycles.